The van der Waals surface area contributed by atoms with Gasteiger partial charge in [-0.2, -0.15) is 0 Å². The highest BCUT2D eigenvalue weighted by molar-refractivity contribution is 5.69. The lowest BCUT2D eigenvalue weighted by Crippen LogP contribution is -2.37. The molecule has 0 atom stereocenters. The van der Waals surface area contributed by atoms with Crippen LogP contribution in [0.25, 0.3) is 5.70 Å². The molecular weight excluding hydrogens is 346 g/mol. The van der Waals surface area contributed by atoms with Crippen LogP contribution in [0.1, 0.15) is 22.4 Å². The first kappa shape index (κ1) is 17.9. The molecule has 0 spiro atoms. The van der Waals surface area contributed by atoms with E-state index in [2.05, 4.69) is 53.1 Å². The zero-order valence-corrected chi connectivity index (χ0v) is 16.0. The number of nitrogens with zero attached hydrogens (tertiary/aromatic N) is 2. The van der Waals surface area contributed by atoms with E-state index in [1.54, 1.807) is 6.20 Å². The van der Waals surface area contributed by atoms with Gasteiger partial charge in [-0.15, -0.1) is 0 Å². The Labute approximate surface area is 165 Å². The third-order valence-electron chi connectivity index (χ3n) is 5.46. The van der Waals surface area contributed by atoms with E-state index in [1.807, 2.05) is 12.1 Å². The van der Waals surface area contributed by atoms with E-state index >= 15 is 0 Å². The number of pyridine rings is 1. The van der Waals surface area contributed by atoms with Gasteiger partial charge >= 0.3 is 0 Å². The second-order valence-corrected chi connectivity index (χ2v) is 7.27. The fourth-order valence-electron chi connectivity index (χ4n) is 3.78. The molecule has 0 radical (unpaired) electrons. The predicted octanol–water partition coefficient (Wildman–Crippen LogP) is 3.08. The van der Waals surface area contributed by atoms with Crippen LogP contribution in [-0.4, -0.2) is 16.4 Å². The molecule has 2 aliphatic rings. The van der Waals surface area contributed by atoms with Crippen molar-refractivity contribution in [1.82, 2.24) is 15.2 Å². The molecule has 0 saturated carbocycles. The van der Waals surface area contributed by atoms with Crippen molar-refractivity contribution in [2.45, 2.75) is 19.5 Å². The van der Waals surface area contributed by atoms with Crippen molar-refractivity contribution in [2.75, 3.05) is 12.3 Å². The number of allylic oxidation sites excluding steroid dienone is 2. The van der Waals surface area contributed by atoms with Gasteiger partial charge in [0.1, 0.15) is 5.69 Å². The number of nitrogen functional groups attached to an aromatic ring is 1. The SMILES string of the molecule is C=C1C(=C)C(N2CCc3ccc(CNC(=C)c4ncccc4N)cc3C2)=C1N. The maximum atomic E-state index is 6.13. The molecule has 0 bridgehead atoms. The van der Waals surface area contributed by atoms with Gasteiger partial charge < -0.3 is 21.7 Å². The number of aromatic nitrogens is 1. The molecule has 5 N–H and O–H groups in total. The molecule has 142 valence electrons. The number of nitrogens with one attached hydrogen (secondary N) is 1. The van der Waals surface area contributed by atoms with Gasteiger partial charge in [-0.25, -0.2) is 0 Å². The van der Waals surface area contributed by atoms with E-state index in [-0.39, 0.29) is 0 Å². The standard InChI is InChI=1S/C23H25N5/c1-14-15(2)23(21(14)25)28-10-8-18-7-6-17(11-19(18)13-28)12-27-16(3)22-20(24)5-4-9-26-22/h4-7,9,11,27H,1-3,8,10,12-13,24-25H2. The Hall–Kier alpha value is -3.47. The molecule has 5 nitrogen and oxygen atoms in total. The van der Waals surface area contributed by atoms with E-state index in [0.29, 0.717) is 17.9 Å². The highest BCUT2D eigenvalue weighted by Gasteiger charge is 2.30. The number of hydrogen-bond donors (Lipinski definition) is 3. The van der Waals surface area contributed by atoms with Gasteiger partial charge in [0.05, 0.1) is 22.8 Å². The van der Waals surface area contributed by atoms with Gasteiger partial charge in [0.25, 0.3) is 0 Å². The van der Waals surface area contributed by atoms with Crippen LogP contribution in [0.2, 0.25) is 0 Å². The van der Waals surface area contributed by atoms with Crippen LogP contribution in [0.5, 0.6) is 0 Å². The zero-order valence-electron chi connectivity index (χ0n) is 16.0. The van der Waals surface area contributed by atoms with Crippen LogP contribution < -0.4 is 16.8 Å². The van der Waals surface area contributed by atoms with Gasteiger partial charge in [-0.3, -0.25) is 4.98 Å². The topological polar surface area (TPSA) is 80.2 Å². The highest BCUT2D eigenvalue weighted by atomic mass is 15.2. The maximum Gasteiger partial charge on any atom is 0.108 e. The van der Waals surface area contributed by atoms with E-state index in [1.165, 1.54) is 16.7 Å². The minimum absolute atomic E-state index is 0.620. The molecule has 1 aromatic heterocycles. The molecule has 1 aliphatic heterocycles. The highest BCUT2D eigenvalue weighted by Crippen LogP contribution is 2.38. The van der Waals surface area contributed by atoms with Gasteiger partial charge in [0.2, 0.25) is 0 Å². The molecule has 28 heavy (non-hydrogen) atoms. The maximum absolute atomic E-state index is 6.13. The monoisotopic (exact) mass is 371 g/mol. The summed E-state index contributed by atoms with van der Waals surface area (Å²) in [6.07, 6.45) is 2.71. The van der Waals surface area contributed by atoms with Crippen LogP contribution in [-0.2, 0) is 19.5 Å². The Balaban J connectivity index is 1.47. The fourth-order valence-corrected chi connectivity index (χ4v) is 3.78. The summed E-state index contributed by atoms with van der Waals surface area (Å²) in [5.74, 6) is 0. The minimum atomic E-state index is 0.620. The van der Waals surface area contributed by atoms with E-state index in [4.69, 9.17) is 11.5 Å². The van der Waals surface area contributed by atoms with E-state index < -0.39 is 0 Å². The Morgan fingerprint density at radius 3 is 2.71 bits per heavy atom. The Morgan fingerprint density at radius 2 is 1.96 bits per heavy atom. The van der Waals surface area contributed by atoms with Crippen molar-refractivity contribution < 1.29 is 0 Å². The molecule has 2 aromatic rings. The van der Waals surface area contributed by atoms with E-state index in [0.717, 1.165) is 47.7 Å². The van der Waals surface area contributed by atoms with Crippen LogP contribution in [0.15, 0.2) is 78.8 Å². The molecule has 0 fully saturated rings. The van der Waals surface area contributed by atoms with Crippen LogP contribution in [0, 0.1) is 0 Å². The molecular formula is C23H25N5. The summed E-state index contributed by atoms with van der Waals surface area (Å²) in [4.78, 5) is 6.61. The lowest BCUT2D eigenvalue weighted by molar-refractivity contribution is 0.320. The molecule has 0 unspecified atom stereocenters. The van der Waals surface area contributed by atoms with Crippen molar-refractivity contribution in [3.8, 4) is 0 Å². The first-order valence-corrected chi connectivity index (χ1v) is 9.33. The van der Waals surface area contributed by atoms with Gasteiger partial charge in [0.15, 0.2) is 0 Å². The number of benzene rings is 1. The van der Waals surface area contributed by atoms with Crippen LogP contribution >= 0.6 is 0 Å². The summed E-state index contributed by atoms with van der Waals surface area (Å²) in [7, 11) is 0. The summed E-state index contributed by atoms with van der Waals surface area (Å²) in [5.41, 5.74) is 21.7. The number of hydrogen-bond acceptors (Lipinski definition) is 5. The van der Waals surface area contributed by atoms with E-state index in [9.17, 15) is 0 Å². The normalized spacial score (nSPS) is 15.9. The number of rotatable bonds is 5. The summed E-state index contributed by atoms with van der Waals surface area (Å²) < 4.78 is 0. The van der Waals surface area contributed by atoms with Crippen LogP contribution in [0.3, 0.4) is 0 Å². The number of fused-ring (bicyclic) bond motifs is 1. The third kappa shape index (κ3) is 3.05. The second kappa shape index (κ2) is 6.93. The average molecular weight is 371 g/mol. The molecule has 1 aromatic carbocycles. The summed E-state index contributed by atoms with van der Waals surface area (Å²) in [6.45, 7) is 14.6. The molecule has 1 aliphatic carbocycles. The van der Waals surface area contributed by atoms with Crippen molar-refractivity contribution in [2.24, 2.45) is 5.73 Å². The Morgan fingerprint density at radius 1 is 1.14 bits per heavy atom. The van der Waals surface area contributed by atoms with Gasteiger partial charge in [-0.1, -0.05) is 37.9 Å². The van der Waals surface area contributed by atoms with Gasteiger partial charge in [-0.05, 0) is 35.2 Å². The lowest BCUT2D eigenvalue weighted by atomic mass is 9.87. The van der Waals surface area contributed by atoms with Crippen molar-refractivity contribution in [3.63, 3.8) is 0 Å². The first-order valence-electron chi connectivity index (χ1n) is 9.33. The van der Waals surface area contributed by atoms with Crippen molar-refractivity contribution in [3.05, 3.63) is 101 Å². The number of nitrogens with two attached hydrogens (primary N) is 2. The quantitative estimate of drug-likeness (QED) is 0.753. The smallest absolute Gasteiger partial charge is 0.108 e. The largest absolute Gasteiger partial charge is 0.397 e. The molecule has 2 heterocycles. The third-order valence-corrected chi connectivity index (χ3v) is 5.46. The van der Waals surface area contributed by atoms with Crippen molar-refractivity contribution >= 4 is 11.4 Å². The number of anilines is 1. The zero-order chi connectivity index (χ0) is 19.8. The summed E-state index contributed by atoms with van der Waals surface area (Å²) >= 11 is 0. The Kier molecular flexibility index (Phi) is 4.43. The molecule has 5 heteroatoms. The average Bonchev–Trinajstić information content (AvgIpc) is 2.72. The lowest BCUT2D eigenvalue weighted by Gasteiger charge is -2.39. The van der Waals surface area contributed by atoms with Crippen molar-refractivity contribution in [1.29, 1.82) is 0 Å². The first-order chi connectivity index (χ1) is 13.5. The fraction of sp³-hybridized carbons (Fsp3) is 0.174. The van der Waals surface area contributed by atoms with Gasteiger partial charge in [0, 0.05) is 37.0 Å². The minimum Gasteiger partial charge on any atom is -0.397 e. The van der Waals surface area contributed by atoms with Crippen LogP contribution in [0.4, 0.5) is 5.69 Å². The second-order valence-electron chi connectivity index (χ2n) is 7.27. The summed E-state index contributed by atoms with van der Waals surface area (Å²) in [5, 5.41) is 3.33. The Bertz CT molecular complexity index is 1030. The molecule has 0 saturated heterocycles. The predicted molar refractivity (Wildman–Crippen MR) is 115 cm³/mol. The molecule has 0 amide bonds. The molecule has 4 rings (SSSR count). The summed E-state index contributed by atoms with van der Waals surface area (Å²) in [6, 6.07) is 10.3.